The first-order valence-corrected chi connectivity index (χ1v) is 13.5. The van der Waals surface area contributed by atoms with Gasteiger partial charge in [0.1, 0.15) is 17.6 Å². The number of rotatable bonds is 10. The highest BCUT2D eigenvalue weighted by atomic mass is 16.5. The average molecular weight is 541 g/mol. The molecule has 3 aromatic heterocycles. The molecule has 2 atom stereocenters. The number of methoxy groups -OCH3 is 1. The number of H-pyrrole nitrogens is 1. The lowest BCUT2D eigenvalue weighted by molar-refractivity contribution is 0.0901. The third kappa shape index (κ3) is 5.54. The lowest BCUT2D eigenvalue weighted by Crippen LogP contribution is -2.35. The summed E-state index contributed by atoms with van der Waals surface area (Å²) < 4.78 is 18.8. The van der Waals surface area contributed by atoms with Crippen LogP contribution >= 0.6 is 0 Å². The molecule has 1 saturated heterocycles. The Bertz CT molecular complexity index is 1620. The highest BCUT2D eigenvalue weighted by Gasteiger charge is 2.32. The van der Waals surface area contributed by atoms with Gasteiger partial charge < -0.3 is 18.9 Å². The molecular formula is C30H32N6O4. The predicted molar refractivity (Wildman–Crippen MR) is 149 cm³/mol. The van der Waals surface area contributed by atoms with Crippen LogP contribution in [0.25, 0.3) is 10.9 Å². The first-order valence-electron chi connectivity index (χ1n) is 13.5. The highest BCUT2D eigenvalue weighted by molar-refractivity contribution is 5.79. The Morgan fingerprint density at radius 1 is 1.15 bits per heavy atom. The van der Waals surface area contributed by atoms with Gasteiger partial charge in [-0.25, -0.2) is 4.68 Å². The predicted octanol–water partition coefficient (Wildman–Crippen LogP) is 4.40. The number of nitrogens with one attached hydrogen (secondary N) is 1. The van der Waals surface area contributed by atoms with Crippen LogP contribution in [-0.4, -0.2) is 49.9 Å². The van der Waals surface area contributed by atoms with Gasteiger partial charge >= 0.3 is 0 Å². The lowest BCUT2D eigenvalue weighted by Gasteiger charge is -2.30. The molecule has 1 N–H and O–H groups in total. The Hall–Kier alpha value is -4.28. The molecule has 0 radical (unpaired) electrons. The number of tetrazole rings is 1. The van der Waals surface area contributed by atoms with Gasteiger partial charge in [0.2, 0.25) is 0 Å². The zero-order valence-electron chi connectivity index (χ0n) is 22.6. The van der Waals surface area contributed by atoms with E-state index in [0.717, 1.165) is 53.0 Å². The van der Waals surface area contributed by atoms with Gasteiger partial charge in [-0.15, -0.1) is 5.10 Å². The van der Waals surface area contributed by atoms with Crippen molar-refractivity contribution in [3.05, 3.63) is 106 Å². The molecule has 5 aromatic rings. The molecule has 2 aromatic carbocycles. The van der Waals surface area contributed by atoms with E-state index in [1.807, 2.05) is 67.6 Å². The topological polar surface area (TPSA) is 111 Å². The number of aryl methyl sites for hydroxylation is 1. The number of aromatic amines is 1. The number of pyridine rings is 1. The second-order valence-electron chi connectivity index (χ2n) is 10.2. The van der Waals surface area contributed by atoms with Crippen molar-refractivity contribution in [3.63, 3.8) is 0 Å². The summed E-state index contributed by atoms with van der Waals surface area (Å²) in [6, 6.07) is 19.1. The molecule has 0 bridgehead atoms. The monoisotopic (exact) mass is 540 g/mol. The molecule has 0 unspecified atom stereocenters. The maximum Gasteiger partial charge on any atom is 0.253 e. The summed E-state index contributed by atoms with van der Waals surface area (Å²) in [6.07, 6.45) is 3.64. The van der Waals surface area contributed by atoms with E-state index in [0.29, 0.717) is 31.0 Å². The molecule has 10 nitrogen and oxygen atoms in total. The third-order valence-corrected chi connectivity index (χ3v) is 7.38. The molecule has 1 aliphatic heterocycles. The van der Waals surface area contributed by atoms with Gasteiger partial charge in [-0.1, -0.05) is 24.3 Å². The minimum Gasteiger partial charge on any atom is -0.497 e. The van der Waals surface area contributed by atoms with Crippen LogP contribution in [0.15, 0.2) is 76.1 Å². The van der Waals surface area contributed by atoms with Crippen LogP contribution in [-0.2, 0) is 24.4 Å². The minimum atomic E-state index is -0.571. The van der Waals surface area contributed by atoms with E-state index >= 15 is 0 Å². The Morgan fingerprint density at radius 2 is 2.02 bits per heavy atom. The first kappa shape index (κ1) is 26.0. The summed E-state index contributed by atoms with van der Waals surface area (Å²) in [6.45, 7) is 4.20. The highest BCUT2D eigenvalue weighted by Crippen LogP contribution is 2.31. The van der Waals surface area contributed by atoms with E-state index in [9.17, 15) is 4.79 Å². The van der Waals surface area contributed by atoms with E-state index in [2.05, 4.69) is 25.4 Å². The van der Waals surface area contributed by atoms with Gasteiger partial charge in [-0.2, -0.15) is 0 Å². The smallest absolute Gasteiger partial charge is 0.253 e. The summed E-state index contributed by atoms with van der Waals surface area (Å²) >= 11 is 0. The number of furan rings is 1. The summed E-state index contributed by atoms with van der Waals surface area (Å²) in [5.41, 5.74) is 3.28. The molecule has 4 heterocycles. The summed E-state index contributed by atoms with van der Waals surface area (Å²) in [7, 11) is 1.65. The molecule has 0 amide bonds. The number of nitrogens with zero attached hydrogens (tertiary/aromatic N) is 5. The second kappa shape index (κ2) is 11.4. The number of benzene rings is 2. The van der Waals surface area contributed by atoms with Crippen molar-refractivity contribution >= 4 is 10.9 Å². The largest absolute Gasteiger partial charge is 0.497 e. The van der Waals surface area contributed by atoms with Gasteiger partial charge in [-0.3, -0.25) is 9.69 Å². The van der Waals surface area contributed by atoms with E-state index < -0.39 is 6.04 Å². The number of aromatic nitrogens is 5. The van der Waals surface area contributed by atoms with E-state index in [1.54, 1.807) is 18.1 Å². The van der Waals surface area contributed by atoms with E-state index in [-0.39, 0.29) is 11.7 Å². The van der Waals surface area contributed by atoms with Crippen LogP contribution < -0.4 is 10.3 Å². The molecule has 0 spiro atoms. The standard InChI is InChI=1S/C30H32N6O4/c1-20-7-10-22-16-26(30(37)31-27(22)15-20)28(29-32-33-34-36(29)19-25-6-4-14-40-25)35(18-24-5-3-13-39-24)17-21-8-11-23(38-2)12-9-21/h3,5,7-13,15-16,25,28H,4,6,14,17-19H2,1-2H3,(H,31,37)/t25-,28-/m0/s1. The van der Waals surface area contributed by atoms with Crippen LogP contribution in [0, 0.1) is 6.92 Å². The van der Waals surface area contributed by atoms with Gasteiger partial charge in [0, 0.05) is 24.2 Å². The number of hydrogen-bond acceptors (Lipinski definition) is 8. The van der Waals surface area contributed by atoms with Crippen molar-refractivity contribution in [2.75, 3.05) is 13.7 Å². The van der Waals surface area contributed by atoms with Crippen molar-refractivity contribution in [3.8, 4) is 5.75 Å². The van der Waals surface area contributed by atoms with E-state index in [1.165, 1.54) is 0 Å². The van der Waals surface area contributed by atoms with Crippen LogP contribution in [0.5, 0.6) is 5.75 Å². The summed E-state index contributed by atoms with van der Waals surface area (Å²) in [5.74, 6) is 2.12. The molecule has 6 rings (SSSR count). The van der Waals surface area contributed by atoms with E-state index in [4.69, 9.17) is 13.9 Å². The van der Waals surface area contributed by atoms with Crippen molar-refractivity contribution in [2.24, 2.45) is 0 Å². The lowest BCUT2D eigenvalue weighted by atomic mass is 10.0. The van der Waals surface area contributed by atoms with Gasteiger partial charge in [0.25, 0.3) is 5.56 Å². The van der Waals surface area contributed by atoms with Gasteiger partial charge in [0.05, 0.1) is 32.6 Å². The fourth-order valence-electron chi connectivity index (χ4n) is 5.36. The first-order chi connectivity index (χ1) is 19.6. The zero-order chi connectivity index (χ0) is 27.5. The van der Waals surface area contributed by atoms with Crippen LogP contribution in [0.4, 0.5) is 0 Å². The summed E-state index contributed by atoms with van der Waals surface area (Å²) in [5, 5.41) is 13.8. The SMILES string of the molecule is COc1ccc(CN(Cc2ccco2)[C@@H](c2cc3ccc(C)cc3[nH]c2=O)c2nnnn2C[C@@H]2CCCO2)cc1. The fraction of sp³-hybridized carbons (Fsp3) is 0.333. The number of ether oxygens (including phenoxy) is 2. The van der Waals surface area contributed by atoms with Crippen molar-refractivity contribution in [2.45, 2.75) is 51.5 Å². The molecule has 1 fully saturated rings. The zero-order valence-corrected chi connectivity index (χ0v) is 22.6. The van der Waals surface area contributed by atoms with Gasteiger partial charge in [-0.05, 0) is 83.1 Å². The van der Waals surface area contributed by atoms with Crippen molar-refractivity contribution < 1.29 is 13.9 Å². The molecule has 40 heavy (non-hydrogen) atoms. The number of hydrogen-bond donors (Lipinski definition) is 1. The van der Waals surface area contributed by atoms with Crippen molar-refractivity contribution in [1.82, 2.24) is 30.1 Å². The maximum atomic E-state index is 13.8. The van der Waals surface area contributed by atoms with Crippen LogP contribution in [0.1, 0.15) is 47.2 Å². The Balaban J connectivity index is 1.48. The molecular weight excluding hydrogens is 508 g/mol. The molecule has 1 aliphatic rings. The molecule has 0 aliphatic carbocycles. The maximum absolute atomic E-state index is 13.8. The molecule has 206 valence electrons. The Labute approximate surface area is 231 Å². The molecule has 0 saturated carbocycles. The van der Waals surface area contributed by atoms with Gasteiger partial charge in [0.15, 0.2) is 5.82 Å². The quantitative estimate of drug-likeness (QED) is 0.278. The molecule has 10 heteroatoms. The minimum absolute atomic E-state index is 0.0286. The Morgan fingerprint density at radius 3 is 2.77 bits per heavy atom. The van der Waals surface area contributed by atoms with Crippen LogP contribution in [0.2, 0.25) is 0 Å². The fourth-order valence-corrected chi connectivity index (χ4v) is 5.36. The number of fused-ring (bicyclic) bond motifs is 1. The Kier molecular flexibility index (Phi) is 7.43. The second-order valence-corrected chi connectivity index (χ2v) is 10.2. The van der Waals surface area contributed by atoms with Crippen LogP contribution in [0.3, 0.4) is 0 Å². The normalized spacial score (nSPS) is 16.1. The van der Waals surface area contributed by atoms with Crippen molar-refractivity contribution in [1.29, 1.82) is 0 Å². The third-order valence-electron chi connectivity index (χ3n) is 7.38. The average Bonchev–Trinajstić information content (AvgIpc) is 3.75. The summed E-state index contributed by atoms with van der Waals surface area (Å²) in [4.78, 5) is 19.0.